The Morgan fingerprint density at radius 1 is 1.50 bits per heavy atom. The summed E-state index contributed by atoms with van der Waals surface area (Å²) in [6.07, 6.45) is 9.40. The first-order valence-electron chi connectivity index (χ1n) is 8.70. The highest BCUT2D eigenvalue weighted by molar-refractivity contribution is 5.90. The number of aromatic nitrogens is 1. The van der Waals surface area contributed by atoms with Gasteiger partial charge in [0, 0.05) is 18.8 Å². The van der Waals surface area contributed by atoms with Crippen molar-refractivity contribution in [1.82, 2.24) is 10.3 Å². The molecule has 5 nitrogen and oxygen atoms in total. The largest absolute Gasteiger partial charge is 0.386 e. The summed E-state index contributed by atoms with van der Waals surface area (Å²) in [6.45, 7) is 4.45. The number of methoxy groups -OCH3 is 1. The van der Waals surface area contributed by atoms with Crippen molar-refractivity contribution < 1.29 is 9.53 Å². The number of primary amides is 1. The highest BCUT2D eigenvalue weighted by atomic mass is 16.5. The van der Waals surface area contributed by atoms with E-state index in [1.54, 1.807) is 19.4 Å². The van der Waals surface area contributed by atoms with E-state index in [9.17, 15) is 4.79 Å². The Hall–Kier alpha value is -1.88. The number of nitrogens with one attached hydrogen (secondary N) is 1. The van der Waals surface area contributed by atoms with Crippen LogP contribution in [-0.2, 0) is 10.3 Å². The average molecular weight is 329 g/mol. The molecule has 1 aromatic heterocycles. The summed E-state index contributed by atoms with van der Waals surface area (Å²) in [4.78, 5) is 15.6. The number of pyridine rings is 1. The third-order valence-corrected chi connectivity index (χ3v) is 5.61. The van der Waals surface area contributed by atoms with E-state index in [2.05, 4.69) is 30.3 Å². The van der Waals surface area contributed by atoms with Crippen molar-refractivity contribution >= 4 is 5.91 Å². The van der Waals surface area contributed by atoms with Gasteiger partial charge in [0.25, 0.3) is 5.91 Å². The zero-order chi connectivity index (χ0) is 17.4. The molecule has 3 rings (SSSR count). The molecule has 3 N–H and O–H groups in total. The van der Waals surface area contributed by atoms with E-state index in [-0.39, 0.29) is 11.2 Å². The van der Waals surface area contributed by atoms with Crippen LogP contribution in [0.15, 0.2) is 30.1 Å². The van der Waals surface area contributed by atoms with Gasteiger partial charge in [-0.05, 0) is 74.4 Å². The maximum atomic E-state index is 11.5. The molecule has 24 heavy (non-hydrogen) atoms. The molecule has 2 aliphatic rings. The van der Waals surface area contributed by atoms with Crippen molar-refractivity contribution in [2.24, 2.45) is 11.7 Å². The Labute approximate surface area is 143 Å². The molecular weight excluding hydrogens is 302 g/mol. The van der Waals surface area contributed by atoms with Gasteiger partial charge >= 0.3 is 0 Å². The van der Waals surface area contributed by atoms with Crippen molar-refractivity contribution in [2.45, 2.75) is 57.1 Å². The standard InChI is InChI=1S/C19H27N3O2/c1-13-5-4-6-15(12-22-18(2)8-9-18)19(13,24-3)14-7-10-21-16(11-14)17(20)23/h7,10-13,22H,4-6,8-9H2,1-3H3,(H2,20,23)/b15-12+. The maximum Gasteiger partial charge on any atom is 0.267 e. The second-order valence-corrected chi connectivity index (χ2v) is 7.40. The van der Waals surface area contributed by atoms with Crippen LogP contribution < -0.4 is 11.1 Å². The van der Waals surface area contributed by atoms with Crippen LogP contribution in [0.25, 0.3) is 0 Å². The van der Waals surface area contributed by atoms with E-state index in [0.29, 0.717) is 5.92 Å². The molecule has 5 heteroatoms. The van der Waals surface area contributed by atoms with Gasteiger partial charge in [-0.15, -0.1) is 0 Å². The fraction of sp³-hybridized carbons (Fsp3) is 0.579. The summed E-state index contributed by atoms with van der Waals surface area (Å²) in [5.74, 6) is -0.208. The summed E-state index contributed by atoms with van der Waals surface area (Å²) in [6, 6.07) is 3.71. The summed E-state index contributed by atoms with van der Waals surface area (Å²) in [5, 5.41) is 3.57. The number of hydrogen-bond donors (Lipinski definition) is 2. The minimum Gasteiger partial charge on any atom is -0.386 e. The predicted octanol–water partition coefficient (Wildman–Crippen LogP) is 2.87. The molecule has 2 fully saturated rings. The number of carbonyl (C=O) groups is 1. The van der Waals surface area contributed by atoms with Gasteiger partial charge in [-0.1, -0.05) is 6.92 Å². The third kappa shape index (κ3) is 2.93. The Morgan fingerprint density at radius 3 is 2.88 bits per heavy atom. The van der Waals surface area contributed by atoms with Crippen LogP contribution in [0.5, 0.6) is 0 Å². The predicted molar refractivity (Wildman–Crippen MR) is 93.3 cm³/mol. The molecule has 0 saturated heterocycles. The van der Waals surface area contributed by atoms with E-state index < -0.39 is 11.5 Å². The molecule has 1 amide bonds. The molecule has 0 aromatic carbocycles. The van der Waals surface area contributed by atoms with Gasteiger partial charge in [-0.3, -0.25) is 9.78 Å². The molecule has 1 heterocycles. The molecule has 0 spiro atoms. The quantitative estimate of drug-likeness (QED) is 0.871. The molecule has 2 unspecified atom stereocenters. The normalized spacial score (nSPS) is 30.1. The highest BCUT2D eigenvalue weighted by Gasteiger charge is 2.45. The topological polar surface area (TPSA) is 77.2 Å². The summed E-state index contributed by atoms with van der Waals surface area (Å²) < 4.78 is 6.12. The molecule has 2 saturated carbocycles. The van der Waals surface area contributed by atoms with Crippen LogP contribution >= 0.6 is 0 Å². The number of amides is 1. The number of nitrogens with zero attached hydrogens (tertiary/aromatic N) is 1. The summed E-state index contributed by atoms with van der Waals surface area (Å²) >= 11 is 0. The molecule has 2 atom stereocenters. The molecule has 2 aliphatic carbocycles. The van der Waals surface area contributed by atoms with Crippen LogP contribution in [0, 0.1) is 5.92 Å². The minimum absolute atomic E-state index is 0.226. The number of ether oxygens (including phenoxy) is 1. The summed E-state index contributed by atoms with van der Waals surface area (Å²) in [5.41, 5.74) is 7.58. The van der Waals surface area contributed by atoms with Crippen molar-refractivity contribution in [3.63, 3.8) is 0 Å². The van der Waals surface area contributed by atoms with E-state index in [1.807, 2.05) is 6.07 Å². The third-order valence-electron chi connectivity index (χ3n) is 5.61. The Balaban J connectivity index is 2.04. The van der Waals surface area contributed by atoms with E-state index >= 15 is 0 Å². The lowest BCUT2D eigenvalue weighted by atomic mass is 9.69. The van der Waals surface area contributed by atoms with Crippen LogP contribution in [0.1, 0.15) is 62.0 Å². The summed E-state index contributed by atoms with van der Waals surface area (Å²) in [7, 11) is 1.75. The number of rotatable bonds is 5. The van der Waals surface area contributed by atoms with Crippen LogP contribution in [0.4, 0.5) is 0 Å². The molecule has 0 aliphatic heterocycles. The second kappa shape index (κ2) is 6.20. The lowest BCUT2D eigenvalue weighted by Gasteiger charge is -2.44. The van der Waals surface area contributed by atoms with Gasteiger partial charge < -0.3 is 15.8 Å². The lowest BCUT2D eigenvalue weighted by molar-refractivity contribution is -0.0435. The van der Waals surface area contributed by atoms with Crippen molar-refractivity contribution in [1.29, 1.82) is 0 Å². The van der Waals surface area contributed by atoms with Gasteiger partial charge in [0.15, 0.2) is 0 Å². The van der Waals surface area contributed by atoms with E-state index in [1.165, 1.54) is 18.4 Å². The highest BCUT2D eigenvalue weighted by Crippen LogP contribution is 2.48. The zero-order valence-corrected chi connectivity index (χ0v) is 14.8. The molecule has 0 bridgehead atoms. The van der Waals surface area contributed by atoms with Crippen LogP contribution in [-0.4, -0.2) is 23.5 Å². The first-order valence-corrected chi connectivity index (χ1v) is 8.70. The Kier molecular flexibility index (Phi) is 4.38. The Bertz CT molecular complexity index is 666. The first-order chi connectivity index (χ1) is 11.4. The number of hydrogen-bond acceptors (Lipinski definition) is 4. The fourth-order valence-corrected chi connectivity index (χ4v) is 3.79. The SMILES string of the molecule is COC1(c2ccnc(C(N)=O)c2)/C(=C/NC2(C)CC2)CCCC1C. The van der Waals surface area contributed by atoms with Gasteiger partial charge in [0.05, 0.1) is 0 Å². The van der Waals surface area contributed by atoms with E-state index in [4.69, 9.17) is 10.5 Å². The van der Waals surface area contributed by atoms with E-state index in [0.717, 1.165) is 24.8 Å². The fourth-order valence-electron chi connectivity index (χ4n) is 3.79. The number of nitrogens with two attached hydrogens (primary N) is 1. The van der Waals surface area contributed by atoms with Crippen LogP contribution in [0.2, 0.25) is 0 Å². The second-order valence-electron chi connectivity index (χ2n) is 7.40. The molecular formula is C19H27N3O2. The van der Waals surface area contributed by atoms with Gasteiger partial charge in [-0.25, -0.2) is 0 Å². The maximum absolute atomic E-state index is 11.5. The van der Waals surface area contributed by atoms with Crippen LogP contribution in [0.3, 0.4) is 0 Å². The van der Waals surface area contributed by atoms with Crippen molar-refractivity contribution in [2.75, 3.05) is 7.11 Å². The molecule has 130 valence electrons. The van der Waals surface area contributed by atoms with Crippen molar-refractivity contribution in [3.05, 3.63) is 41.4 Å². The average Bonchev–Trinajstić information content (AvgIpc) is 3.31. The monoisotopic (exact) mass is 329 g/mol. The zero-order valence-electron chi connectivity index (χ0n) is 14.8. The minimum atomic E-state index is -0.538. The van der Waals surface area contributed by atoms with Gasteiger partial charge in [0.2, 0.25) is 0 Å². The van der Waals surface area contributed by atoms with Gasteiger partial charge in [0.1, 0.15) is 11.3 Å². The lowest BCUT2D eigenvalue weighted by Crippen LogP contribution is -2.42. The van der Waals surface area contributed by atoms with Gasteiger partial charge in [-0.2, -0.15) is 0 Å². The van der Waals surface area contributed by atoms with Crippen molar-refractivity contribution in [3.8, 4) is 0 Å². The Morgan fingerprint density at radius 2 is 2.25 bits per heavy atom. The number of carbonyl (C=O) groups excluding carboxylic acids is 1. The molecule has 0 radical (unpaired) electrons. The smallest absolute Gasteiger partial charge is 0.267 e. The molecule has 1 aromatic rings. The first kappa shape index (κ1) is 17.0.